The van der Waals surface area contributed by atoms with Crippen molar-refractivity contribution in [3.05, 3.63) is 0 Å². The van der Waals surface area contributed by atoms with E-state index < -0.39 is 18.2 Å². The molecular weight excluding hydrogens is 252 g/mol. The molecule has 7 heteroatoms. The first kappa shape index (κ1) is 15.9. The van der Waals surface area contributed by atoms with Gasteiger partial charge in [-0.15, -0.1) is 0 Å². The Morgan fingerprint density at radius 3 is 2.58 bits per heavy atom. The highest BCUT2D eigenvalue weighted by Gasteiger charge is 2.32. The van der Waals surface area contributed by atoms with Crippen LogP contribution in [0.15, 0.2) is 0 Å². The van der Waals surface area contributed by atoms with Crippen molar-refractivity contribution >= 4 is 11.9 Å². The van der Waals surface area contributed by atoms with E-state index in [1.807, 2.05) is 0 Å². The molecule has 0 saturated carbocycles. The second kappa shape index (κ2) is 7.42. The van der Waals surface area contributed by atoms with Gasteiger partial charge in [-0.2, -0.15) is 0 Å². The third-order valence-electron chi connectivity index (χ3n) is 3.00. The predicted molar refractivity (Wildman–Crippen MR) is 67.7 cm³/mol. The van der Waals surface area contributed by atoms with Crippen LogP contribution in [0.5, 0.6) is 0 Å². The maximum absolute atomic E-state index is 11.7. The number of nitrogens with one attached hydrogen (secondary N) is 1. The van der Waals surface area contributed by atoms with Crippen LogP contribution in [0.4, 0.5) is 0 Å². The molecule has 1 heterocycles. The summed E-state index contributed by atoms with van der Waals surface area (Å²) in [6.07, 6.45) is 0.174. The average molecular weight is 274 g/mol. The molecule has 0 bridgehead atoms. The molecule has 0 aromatic carbocycles. The van der Waals surface area contributed by atoms with Gasteiger partial charge in [-0.05, 0) is 26.9 Å². The number of carbonyl (C=O) groups is 2. The first-order chi connectivity index (χ1) is 8.92. The summed E-state index contributed by atoms with van der Waals surface area (Å²) in [7, 11) is 3.59. The van der Waals surface area contributed by atoms with E-state index in [1.165, 1.54) is 0 Å². The van der Waals surface area contributed by atoms with Crippen molar-refractivity contribution in [2.45, 2.75) is 37.5 Å². The van der Waals surface area contributed by atoms with Crippen molar-refractivity contribution < 1.29 is 24.5 Å². The number of aliphatic hydroxyl groups excluding tert-OH is 1. The number of hydrogen-bond donors (Lipinski definition) is 3. The Morgan fingerprint density at radius 1 is 1.37 bits per heavy atom. The summed E-state index contributed by atoms with van der Waals surface area (Å²) in [6.45, 7) is 0.0379. The van der Waals surface area contributed by atoms with Gasteiger partial charge in [0.05, 0.1) is 31.7 Å². The van der Waals surface area contributed by atoms with E-state index >= 15 is 0 Å². The Morgan fingerprint density at radius 2 is 2.05 bits per heavy atom. The molecule has 0 aromatic heterocycles. The van der Waals surface area contributed by atoms with Crippen molar-refractivity contribution in [1.29, 1.82) is 0 Å². The van der Waals surface area contributed by atoms with Crippen molar-refractivity contribution in [2.75, 3.05) is 27.2 Å². The minimum absolute atomic E-state index is 0.0745. The third kappa shape index (κ3) is 5.54. The normalized spacial score (nSPS) is 27.3. The Balaban J connectivity index is 2.47. The SMILES string of the molecule is CN(C)CC(=O)N[C@H]1CC[C@@H](CC(=O)O)O[C@@H]1CO. The lowest BCUT2D eigenvalue weighted by molar-refractivity contribution is -0.147. The first-order valence-electron chi connectivity index (χ1n) is 6.34. The van der Waals surface area contributed by atoms with Crippen molar-refractivity contribution in [3.63, 3.8) is 0 Å². The van der Waals surface area contributed by atoms with Gasteiger partial charge in [0.15, 0.2) is 0 Å². The molecule has 0 aromatic rings. The van der Waals surface area contributed by atoms with E-state index in [1.54, 1.807) is 19.0 Å². The number of amides is 1. The van der Waals surface area contributed by atoms with E-state index in [0.717, 1.165) is 0 Å². The van der Waals surface area contributed by atoms with Crippen LogP contribution in [0.3, 0.4) is 0 Å². The molecule has 110 valence electrons. The molecule has 3 atom stereocenters. The lowest BCUT2D eigenvalue weighted by Crippen LogP contribution is -2.52. The van der Waals surface area contributed by atoms with Crippen LogP contribution in [0.2, 0.25) is 0 Å². The molecule has 1 aliphatic heterocycles. The van der Waals surface area contributed by atoms with E-state index in [0.29, 0.717) is 12.8 Å². The highest BCUT2D eigenvalue weighted by atomic mass is 16.5. The molecule has 1 aliphatic rings. The van der Waals surface area contributed by atoms with Gasteiger partial charge >= 0.3 is 5.97 Å². The van der Waals surface area contributed by atoms with Crippen LogP contribution in [0.25, 0.3) is 0 Å². The number of aliphatic carboxylic acids is 1. The van der Waals surface area contributed by atoms with E-state index in [9.17, 15) is 14.7 Å². The van der Waals surface area contributed by atoms with Gasteiger partial charge in [-0.1, -0.05) is 0 Å². The summed E-state index contributed by atoms with van der Waals surface area (Å²) in [5.41, 5.74) is 0. The Kier molecular flexibility index (Phi) is 6.20. The van der Waals surface area contributed by atoms with Gasteiger partial charge in [0.25, 0.3) is 0 Å². The lowest BCUT2D eigenvalue weighted by Gasteiger charge is -2.35. The number of carbonyl (C=O) groups excluding carboxylic acids is 1. The van der Waals surface area contributed by atoms with Crippen LogP contribution in [-0.2, 0) is 14.3 Å². The van der Waals surface area contributed by atoms with Crippen LogP contribution in [-0.4, -0.2) is 72.5 Å². The van der Waals surface area contributed by atoms with Gasteiger partial charge in [0.1, 0.15) is 6.10 Å². The summed E-state index contributed by atoms with van der Waals surface area (Å²) >= 11 is 0. The summed E-state index contributed by atoms with van der Waals surface area (Å²) < 4.78 is 5.51. The highest BCUT2D eigenvalue weighted by molar-refractivity contribution is 5.78. The van der Waals surface area contributed by atoms with Crippen molar-refractivity contribution in [1.82, 2.24) is 10.2 Å². The molecule has 3 N–H and O–H groups in total. The topological polar surface area (TPSA) is 99.1 Å². The second-order valence-electron chi connectivity index (χ2n) is 5.07. The van der Waals surface area contributed by atoms with Crippen LogP contribution < -0.4 is 5.32 Å². The first-order valence-corrected chi connectivity index (χ1v) is 6.34. The van der Waals surface area contributed by atoms with E-state index in [4.69, 9.17) is 9.84 Å². The van der Waals surface area contributed by atoms with Crippen LogP contribution in [0.1, 0.15) is 19.3 Å². The Hall–Kier alpha value is -1.18. The molecular formula is C12H22N2O5. The third-order valence-corrected chi connectivity index (χ3v) is 3.00. The molecule has 7 nitrogen and oxygen atoms in total. The summed E-state index contributed by atoms with van der Waals surface area (Å²) in [5.74, 6) is -1.05. The fourth-order valence-corrected chi connectivity index (χ4v) is 2.18. The largest absolute Gasteiger partial charge is 0.481 e. The number of nitrogens with zero attached hydrogens (tertiary/aromatic N) is 1. The zero-order valence-electron chi connectivity index (χ0n) is 11.3. The van der Waals surface area contributed by atoms with E-state index in [2.05, 4.69) is 5.32 Å². The van der Waals surface area contributed by atoms with Crippen molar-refractivity contribution in [2.24, 2.45) is 0 Å². The molecule has 0 unspecified atom stereocenters. The standard InChI is InChI=1S/C12H22N2O5/c1-14(2)6-11(16)13-9-4-3-8(5-12(17)18)19-10(9)7-15/h8-10,15H,3-7H2,1-2H3,(H,13,16)(H,17,18)/t8-,9-,10+/m0/s1. The molecule has 19 heavy (non-hydrogen) atoms. The number of aliphatic hydroxyl groups is 1. The highest BCUT2D eigenvalue weighted by Crippen LogP contribution is 2.21. The number of carboxylic acids is 1. The molecule has 0 aliphatic carbocycles. The summed E-state index contributed by atoms with van der Waals surface area (Å²) in [4.78, 5) is 24.0. The molecule has 1 saturated heterocycles. The molecule has 0 radical (unpaired) electrons. The number of ether oxygens (including phenoxy) is 1. The maximum Gasteiger partial charge on any atom is 0.305 e. The van der Waals surface area contributed by atoms with Gasteiger partial charge < -0.3 is 25.2 Å². The number of hydrogen-bond acceptors (Lipinski definition) is 5. The zero-order valence-corrected chi connectivity index (χ0v) is 11.3. The number of likely N-dealkylation sites (N-methyl/N-ethyl adjacent to an activating group) is 1. The van der Waals surface area contributed by atoms with Gasteiger partial charge in [0, 0.05) is 0 Å². The Bertz CT molecular complexity index is 321. The molecule has 1 amide bonds. The number of rotatable bonds is 6. The monoisotopic (exact) mass is 274 g/mol. The van der Waals surface area contributed by atoms with Crippen LogP contribution in [0, 0.1) is 0 Å². The van der Waals surface area contributed by atoms with E-state index in [-0.39, 0.29) is 31.5 Å². The predicted octanol–water partition coefficient (Wildman–Crippen LogP) is -0.953. The smallest absolute Gasteiger partial charge is 0.305 e. The van der Waals surface area contributed by atoms with Gasteiger partial charge in [0.2, 0.25) is 5.91 Å². The fraction of sp³-hybridized carbons (Fsp3) is 0.833. The maximum atomic E-state index is 11.7. The van der Waals surface area contributed by atoms with Gasteiger partial charge in [-0.3, -0.25) is 9.59 Å². The molecule has 0 spiro atoms. The minimum atomic E-state index is -0.920. The van der Waals surface area contributed by atoms with Crippen LogP contribution >= 0.6 is 0 Å². The average Bonchev–Trinajstić information content (AvgIpc) is 2.29. The zero-order chi connectivity index (χ0) is 14.4. The fourth-order valence-electron chi connectivity index (χ4n) is 2.18. The van der Waals surface area contributed by atoms with Crippen molar-refractivity contribution in [3.8, 4) is 0 Å². The summed E-state index contributed by atoms with van der Waals surface area (Å²) in [6, 6.07) is -0.262. The quantitative estimate of drug-likeness (QED) is 0.577. The number of carboxylic acid groups (broad SMARTS) is 1. The van der Waals surface area contributed by atoms with Gasteiger partial charge in [-0.25, -0.2) is 0 Å². The molecule has 1 rings (SSSR count). The minimum Gasteiger partial charge on any atom is -0.481 e. The molecule has 1 fully saturated rings. The summed E-state index contributed by atoms with van der Waals surface area (Å²) in [5, 5.41) is 20.8. The second-order valence-corrected chi connectivity index (χ2v) is 5.07. The lowest BCUT2D eigenvalue weighted by atomic mass is 9.97. The Labute approximate surface area is 112 Å².